The summed E-state index contributed by atoms with van der Waals surface area (Å²) in [5.74, 6) is 0.541. The van der Waals surface area contributed by atoms with Crippen molar-refractivity contribution in [3.8, 4) is 39.7 Å². The zero-order valence-corrected chi connectivity index (χ0v) is 18.3. The lowest BCUT2D eigenvalue weighted by Gasteiger charge is -2.22. The molecule has 0 saturated heterocycles. The molecule has 1 heterocycles. The van der Waals surface area contributed by atoms with Crippen LogP contribution in [0.5, 0.6) is 5.75 Å². The fourth-order valence-corrected chi connectivity index (χ4v) is 3.78. The summed E-state index contributed by atoms with van der Waals surface area (Å²) in [6, 6.07) is 18.8. The number of aromatic hydroxyl groups is 1. The van der Waals surface area contributed by atoms with E-state index in [1.54, 1.807) is 18.2 Å². The molecule has 0 saturated carbocycles. The molecule has 0 aliphatic carbocycles. The number of rotatable bonds is 3. The summed E-state index contributed by atoms with van der Waals surface area (Å²) >= 11 is 12.6. The van der Waals surface area contributed by atoms with Crippen LogP contribution in [0.15, 0.2) is 65.2 Å². The van der Waals surface area contributed by atoms with Crippen LogP contribution in [0.3, 0.4) is 0 Å². The molecule has 0 fully saturated rings. The Kier molecular flexibility index (Phi) is 5.31. The van der Waals surface area contributed by atoms with Crippen molar-refractivity contribution >= 4 is 23.2 Å². The highest BCUT2D eigenvalue weighted by molar-refractivity contribution is 6.38. The smallest absolute Gasteiger partial charge is 0.262 e. The zero-order chi connectivity index (χ0) is 21.5. The van der Waals surface area contributed by atoms with E-state index in [0.717, 1.165) is 11.1 Å². The Labute approximate surface area is 185 Å². The van der Waals surface area contributed by atoms with Crippen LogP contribution in [-0.2, 0) is 5.41 Å². The third kappa shape index (κ3) is 3.81. The molecular formula is C24H20Cl2N2O2. The average molecular weight is 439 g/mol. The molecule has 1 N–H and O–H groups in total. The minimum absolute atomic E-state index is 0.0784. The third-order valence-corrected chi connectivity index (χ3v) is 5.53. The van der Waals surface area contributed by atoms with Crippen LogP contribution in [0.1, 0.15) is 26.3 Å². The predicted octanol–water partition coefficient (Wildman–Crippen LogP) is 7.38. The summed E-state index contributed by atoms with van der Waals surface area (Å²) in [5.41, 5.74) is 3.43. The first-order valence-corrected chi connectivity index (χ1v) is 10.2. The van der Waals surface area contributed by atoms with Gasteiger partial charge in [0, 0.05) is 5.56 Å². The molecule has 30 heavy (non-hydrogen) atoms. The van der Waals surface area contributed by atoms with Gasteiger partial charge in [0.15, 0.2) is 0 Å². The summed E-state index contributed by atoms with van der Waals surface area (Å²) in [6.45, 7) is 6.34. The maximum Gasteiger partial charge on any atom is 0.262 e. The molecular weight excluding hydrogens is 419 g/mol. The van der Waals surface area contributed by atoms with Gasteiger partial charge in [-0.15, -0.1) is 0 Å². The fraction of sp³-hybridized carbons (Fsp3) is 0.167. The van der Waals surface area contributed by atoms with Gasteiger partial charge in [0.05, 0.1) is 21.2 Å². The molecule has 0 bridgehead atoms. The number of phenolic OH excluding ortho intramolecular Hbond substituents is 1. The lowest BCUT2D eigenvalue weighted by atomic mass is 9.83. The second-order valence-electron chi connectivity index (χ2n) is 8.06. The molecule has 0 radical (unpaired) electrons. The molecule has 0 aliphatic heterocycles. The van der Waals surface area contributed by atoms with Crippen molar-refractivity contribution in [2.45, 2.75) is 26.2 Å². The van der Waals surface area contributed by atoms with Gasteiger partial charge >= 0.3 is 0 Å². The van der Waals surface area contributed by atoms with Gasteiger partial charge in [-0.2, -0.15) is 4.98 Å². The lowest BCUT2D eigenvalue weighted by Crippen LogP contribution is -2.11. The number of halogens is 2. The molecule has 3 aromatic carbocycles. The van der Waals surface area contributed by atoms with E-state index < -0.39 is 0 Å². The Balaban J connectivity index is 1.90. The first-order chi connectivity index (χ1) is 14.3. The largest absolute Gasteiger partial charge is 0.506 e. The van der Waals surface area contributed by atoms with Crippen molar-refractivity contribution in [2.24, 2.45) is 0 Å². The molecule has 152 valence electrons. The maximum atomic E-state index is 11.1. The summed E-state index contributed by atoms with van der Waals surface area (Å²) in [7, 11) is 0. The molecule has 0 amide bonds. The molecule has 0 aliphatic rings. The maximum absolute atomic E-state index is 11.1. The summed E-state index contributed by atoms with van der Waals surface area (Å²) in [4.78, 5) is 4.48. The first-order valence-electron chi connectivity index (χ1n) is 9.47. The highest BCUT2D eigenvalue weighted by Crippen LogP contribution is 2.42. The van der Waals surface area contributed by atoms with E-state index in [1.165, 1.54) is 0 Å². The van der Waals surface area contributed by atoms with Gasteiger partial charge in [0.1, 0.15) is 5.75 Å². The van der Waals surface area contributed by atoms with Gasteiger partial charge in [-0.05, 0) is 40.8 Å². The van der Waals surface area contributed by atoms with Crippen molar-refractivity contribution in [2.75, 3.05) is 0 Å². The van der Waals surface area contributed by atoms with Crippen LogP contribution < -0.4 is 0 Å². The summed E-state index contributed by atoms with van der Waals surface area (Å²) in [6.07, 6.45) is 0. The molecule has 0 atom stereocenters. The number of hydrogen-bond donors (Lipinski definition) is 1. The Morgan fingerprint density at radius 3 is 2.13 bits per heavy atom. The quantitative estimate of drug-likeness (QED) is 0.362. The second kappa shape index (κ2) is 7.78. The number of nitrogens with zero attached hydrogens (tertiary/aromatic N) is 2. The highest BCUT2D eigenvalue weighted by atomic mass is 35.5. The van der Waals surface area contributed by atoms with Crippen molar-refractivity contribution < 1.29 is 9.63 Å². The van der Waals surface area contributed by atoms with Gasteiger partial charge in [0.2, 0.25) is 5.82 Å². The first kappa shape index (κ1) is 20.5. The summed E-state index contributed by atoms with van der Waals surface area (Å²) < 4.78 is 5.52. The van der Waals surface area contributed by atoms with Crippen molar-refractivity contribution in [1.82, 2.24) is 10.1 Å². The molecule has 4 aromatic rings. The van der Waals surface area contributed by atoms with Gasteiger partial charge < -0.3 is 9.63 Å². The molecule has 6 heteroatoms. The second-order valence-corrected chi connectivity index (χ2v) is 8.87. The van der Waals surface area contributed by atoms with E-state index >= 15 is 0 Å². The van der Waals surface area contributed by atoms with Gasteiger partial charge in [-0.1, -0.05) is 85.5 Å². The zero-order valence-electron chi connectivity index (χ0n) is 16.8. The van der Waals surface area contributed by atoms with Crippen LogP contribution >= 0.6 is 23.2 Å². The van der Waals surface area contributed by atoms with Crippen LogP contribution in [0, 0.1) is 0 Å². The van der Waals surface area contributed by atoms with Gasteiger partial charge in [-0.3, -0.25) is 0 Å². The van der Waals surface area contributed by atoms with Crippen molar-refractivity contribution in [3.63, 3.8) is 0 Å². The molecule has 0 spiro atoms. The van der Waals surface area contributed by atoms with Crippen LogP contribution in [0.2, 0.25) is 10.0 Å². The normalized spacial score (nSPS) is 11.6. The van der Waals surface area contributed by atoms with E-state index in [-0.39, 0.29) is 22.9 Å². The molecule has 1 aromatic heterocycles. The topological polar surface area (TPSA) is 59.2 Å². The minimum Gasteiger partial charge on any atom is -0.506 e. The van der Waals surface area contributed by atoms with E-state index in [4.69, 9.17) is 27.7 Å². The number of phenols is 1. The fourth-order valence-electron chi connectivity index (χ4n) is 3.21. The number of benzene rings is 3. The monoisotopic (exact) mass is 438 g/mol. The predicted molar refractivity (Wildman–Crippen MR) is 121 cm³/mol. The Hall–Kier alpha value is -2.82. The minimum atomic E-state index is -0.152. The standard InChI is InChI=1S/C24H20Cl2N2O2/c1-24(2,3)15-12-16(14-8-5-4-6-9-14)21(29)17(13-15)23-27-22(28-30-23)20-18(25)10-7-11-19(20)26/h4-13,29H,1-3H3. The Morgan fingerprint density at radius 2 is 1.50 bits per heavy atom. The van der Waals surface area contributed by atoms with Crippen LogP contribution in [0.25, 0.3) is 34.0 Å². The van der Waals surface area contributed by atoms with E-state index in [0.29, 0.717) is 26.7 Å². The molecule has 4 nitrogen and oxygen atoms in total. The highest BCUT2D eigenvalue weighted by Gasteiger charge is 2.24. The third-order valence-electron chi connectivity index (χ3n) is 4.90. The van der Waals surface area contributed by atoms with E-state index in [1.807, 2.05) is 42.5 Å². The Bertz CT molecular complexity index is 1190. The van der Waals surface area contributed by atoms with Crippen LogP contribution in [-0.4, -0.2) is 15.2 Å². The van der Waals surface area contributed by atoms with Crippen molar-refractivity contribution in [3.05, 3.63) is 76.3 Å². The van der Waals surface area contributed by atoms with Gasteiger partial charge in [-0.25, -0.2) is 0 Å². The average Bonchev–Trinajstić information content (AvgIpc) is 3.17. The molecule has 4 rings (SSSR count). The van der Waals surface area contributed by atoms with Crippen LogP contribution in [0.4, 0.5) is 0 Å². The van der Waals surface area contributed by atoms with Crippen molar-refractivity contribution in [1.29, 1.82) is 0 Å². The molecule has 0 unspecified atom stereocenters. The van der Waals surface area contributed by atoms with Gasteiger partial charge in [0.25, 0.3) is 5.89 Å². The lowest BCUT2D eigenvalue weighted by molar-refractivity contribution is 0.425. The number of hydrogen-bond acceptors (Lipinski definition) is 4. The van der Waals surface area contributed by atoms with E-state index in [9.17, 15) is 5.11 Å². The SMILES string of the molecule is CC(C)(C)c1cc(-c2ccccc2)c(O)c(-c2nc(-c3c(Cl)cccc3Cl)no2)c1. The summed E-state index contributed by atoms with van der Waals surface area (Å²) in [5, 5.41) is 16.0. The number of aromatic nitrogens is 2. The van der Waals surface area contributed by atoms with E-state index in [2.05, 4.69) is 30.9 Å². The Morgan fingerprint density at radius 1 is 0.867 bits per heavy atom.